The Morgan fingerprint density at radius 1 is 1.43 bits per heavy atom. The summed E-state index contributed by atoms with van der Waals surface area (Å²) in [4.78, 5) is 23.5. The van der Waals surface area contributed by atoms with Crippen molar-refractivity contribution in [2.75, 3.05) is 13.7 Å². The van der Waals surface area contributed by atoms with E-state index in [1.54, 1.807) is 7.11 Å². The maximum atomic E-state index is 12.2. The lowest BCUT2D eigenvalue weighted by molar-refractivity contribution is 0.0697. The third-order valence-electron chi connectivity index (χ3n) is 3.58. The molecule has 7 heteroatoms. The number of thiophene rings is 1. The number of amides is 1. The number of ether oxygens (including phenoxy) is 2. The van der Waals surface area contributed by atoms with Crippen LogP contribution >= 0.6 is 11.3 Å². The van der Waals surface area contributed by atoms with E-state index in [1.807, 2.05) is 18.2 Å². The van der Waals surface area contributed by atoms with Crippen molar-refractivity contribution in [1.82, 2.24) is 5.32 Å². The van der Waals surface area contributed by atoms with E-state index in [4.69, 9.17) is 14.6 Å². The topological polar surface area (TPSA) is 84.9 Å². The van der Waals surface area contributed by atoms with Crippen LogP contribution in [0.15, 0.2) is 29.6 Å². The molecule has 0 aliphatic carbocycles. The summed E-state index contributed by atoms with van der Waals surface area (Å²) in [7, 11) is 1.59. The molecule has 0 spiro atoms. The largest absolute Gasteiger partial charge is 0.493 e. The molecule has 6 nitrogen and oxygen atoms in total. The van der Waals surface area contributed by atoms with Gasteiger partial charge in [-0.3, -0.25) is 4.79 Å². The summed E-state index contributed by atoms with van der Waals surface area (Å²) in [5, 5.41) is 13.2. The fraction of sp³-hybridized carbons (Fsp3) is 0.250. The minimum atomic E-state index is -1.04. The summed E-state index contributed by atoms with van der Waals surface area (Å²) >= 11 is 1.11. The number of nitrogens with one attached hydrogen (secondary N) is 1. The van der Waals surface area contributed by atoms with Gasteiger partial charge in [0.15, 0.2) is 11.5 Å². The van der Waals surface area contributed by atoms with Gasteiger partial charge in [0.05, 0.1) is 23.6 Å². The van der Waals surface area contributed by atoms with E-state index in [1.165, 1.54) is 11.4 Å². The summed E-state index contributed by atoms with van der Waals surface area (Å²) in [6, 6.07) is 6.85. The Balaban J connectivity index is 1.69. The Hall–Kier alpha value is -2.54. The standard InChI is InChI=1S/C16H15NO5S/c1-21-12-4-2-3-9-5-11(7-22-14(9)12)17-15(18)13-6-10(8-23-13)16(19)20/h2-4,6,8,11H,5,7H2,1H3,(H,17,18)(H,19,20). The predicted octanol–water partition coefficient (Wildman–Crippen LogP) is 2.19. The number of methoxy groups -OCH3 is 1. The lowest BCUT2D eigenvalue weighted by Gasteiger charge is -2.27. The van der Waals surface area contributed by atoms with E-state index in [-0.39, 0.29) is 17.5 Å². The van der Waals surface area contributed by atoms with Crippen molar-refractivity contribution in [2.45, 2.75) is 12.5 Å². The van der Waals surface area contributed by atoms with Crippen molar-refractivity contribution in [3.8, 4) is 11.5 Å². The minimum absolute atomic E-state index is 0.120. The van der Waals surface area contributed by atoms with Gasteiger partial charge in [0, 0.05) is 10.9 Å². The number of carboxylic acid groups (broad SMARTS) is 1. The Labute approximate surface area is 136 Å². The maximum absolute atomic E-state index is 12.2. The molecular weight excluding hydrogens is 318 g/mol. The van der Waals surface area contributed by atoms with Gasteiger partial charge in [-0.1, -0.05) is 12.1 Å². The van der Waals surface area contributed by atoms with E-state index in [2.05, 4.69) is 5.32 Å². The molecule has 2 aromatic rings. The van der Waals surface area contributed by atoms with Crippen LogP contribution < -0.4 is 14.8 Å². The fourth-order valence-corrected chi connectivity index (χ4v) is 3.26. The second-order valence-electron chi connectivity index (χ2n) is 5.14. The first kappa shape index (κ1) is 15.4. The van der Waals surface area contributed by atoms with Crippen LogP contribution in [-0.4, -0.2) is 36.7 Å². The smallest absolute Gasteiger partial charge is 0.336 e. The van der Waals surface area contributed by atoms with Crippen molar-refractivity contribution < 1.29 is 24.2 Å². The van der Waals surface area contributed by atoms with Crippen LogP contribution in [0.3, 0.4) is 0 Å². The van der Waals surface area contributed by atoms with Crippen LogP contribution in [0.2, 0.25) is 0 Å². The number of hydrogen-bond acceptors (Lipinski definition) is 5. The average molecular weight is 333 g/mol. The third-order valence-corrected chi connectivity index (χ3v) is 4.51. The van der Waals surface area contributed by atoms with Crippen molar-refractivity contribution in [1.29, 1.82) is 0 Å². The molecule has 0 radical (unpaired) electrons. The normalized spacial score (nSPS) is 16.1. The highest BCUT2D eigenvalue weighted by molar-refractivity contribution is 7.12. The lowest BCUT2D eigenvalue weighted by Crippen LogP contribution is -2.42. The van der Waals surface area contributed by atoms with Gasteiger partial charge in [0.25, 0.3) is 5.91 Å². The number of benzene rings is 1. The van der Waals surface area contributed by atoms with Crippen molar-refractivity contribution in [3.05, 3.63) is 45.6 Å². The zero-order valence-electron chi connectivity index (χ0n) is 12.4. The number of hydrogen-bond donors (Lipinski definition) is 2. The summed E-state index contributed by atoms with van der Waals surface area (Å²) in [6.07, 6.45) is 0.634. The van der Waals surface area contributed by atoms with E-state index in [0.717, 1.165) is 16.9 Å². The highest BCUT2D eigenvalue weighted by Gasteiger charge is 2.24. The molecule has 1 aliphatic rings. The highest BCUT2D eigenvalue weighted by atomic mass is 32.1. The number of fused-ring (bicyclic) bond motifs is 1. The summed E-state index contributed by atoms with van der Waals surface area (Å²) in [5.41, 5.74) is 1.09. The number of carbonyl (C=O) groups is 2. The first-order valence-corrected chi connectivity index (χ1v) is 7.88. The molecule has 1 aromatic carbocycles. The highest BCUT2D eigenvalue weighted by Crippen LogP contribution is 2.34. The van der Waals surface area contributed by atoms with E-state index in [9.17, 15) is 9.59 Å². The number of rotatable bonds is 4. The van der Waals surface area contributed by atoms with Gasteiger partial charge in [-0.25, -0.2) is 4.79 Å². The zero-order chi connectivity index (χ0) is 16.4. The second-order valence-corrected chi connectivity index (χ2v) is 6.05. The van der Waals surface area contributed by atoms with E-state index < -0.39 is 5.97 Å². The molecular formula is C16H15NO5S. The molecule has 120 valence electrons. The fourth-order valence-electron chi connectivity index (χ4n) is 2.47. The van der Waals surface area contributed by atoms with E-state index >= 15 is 0 Å². The van der Waals surface area contributed by atoms with Crippen LogP contribution in [0.25, 0.3) is 0 Å². The van der Waals surface area contributed by atoms with Crippen LogP contribution in [0.4, 0.5) is 0 Å². The number of para-hydroxylation sites is 1. The monoisotopic (exact) mass is 333 g/mol. The number of carboxylic acids is 1. The van der Waals surface area contributed by atoms with Gasteiger partial charge in [0.1, 0.15) is 6.61 Å². The van der Waals surface area contributed by atoms with Crippen LogP contribution in [0.1, 0.15) is 25.6 Å². The Morgan fingerprint density at radius 2 is 2.26 bits per heavy atom. The van der Waals surface area contributed by atoms with Gasteiger partial charge >= 0.3 is 5.97 Å². The number of carbonyl (C=O) groups excluding carboxylic acids is 1. The van der Waals surface area contributed by atoms with Gasteiger partial charge < -0.3 is 19.9 Å². The first-order valence-electron chi connectivity index (χ1n) is 7.00. The van der Waals surface area contributed by atoms with Crippen molar-refractivity contribution in [2.24, 2.45) is 0 Å². The molecule has 1 atom stereocenters. The third kappa shape index (κ3) is 3.14. The summed E-state index contributed by atoms with van der Waals surface area (Å²) in [6.45, 7) is 0.344. The Bertz CT molecular complexity index is 755. The Morgan fingerprint density at radius 3 is 2.96 bits per heavy atom. The predicted molar refractivity (Wildman–Crippen MR) is 84.7 cm³/mol. The van der Waals surface area contributed by atoms with E-state index in [0.29, 0.717) is 29.4 Å². The molecule has 23 heavy (non-hydrogen) atoms. The summed E-state index contributed by atoms with van der Waals surface area (Å²) < 4.78 is 11.0. The van der Waals surface area contributed by atoms with Crippen LogP contribution in [0.5, 0.6) is 11.5 Å². The SMILES string of the molecule is COc1cccc2c1OCC(NC(=O)c1cc(C(=O)O)cs1)C2. The minimum Gasteiger partial charge on any atom is -0.493 e. The molecule has 0 saturated heterocycles. The van der Waals surface area contributed by atoms with Crippen LogP contribution in [-0.2, 0) is 6.42 Å². The molecule has 3 rings (SSSR count). The molecule has 2 heterocycles. The molecule has 1 amide bonds. The molecule has 0 bridgehead atoms. The first-order chi connectivity index (χ1) is 11.1. The van der Waals surface area contributed by atoms with Crippen molar-refractivity contribution in [3.63, 3.8) is 0 Å². The van der Waals surface area contributed by atoms with Crippen LogP contribution in [0, 0.1) is 0 Å². The van der Waals surface area contributed by atoms with Gasteiger partial charge in [0.2, 0.25) is 0 Å². The van der Waals surface area contributed by atoms with Gasteiger partial charge in [-0.05, 0) is 18.6 Å². The van der Waals surface area contributed by atoms with Gasteiger partial charge in [-0.15, -0.1) is 11.3 Å². The second kappa shape index (κ2) is 6.29. The molecule has 1 aromatic heterocycles. The molecule has 0 fully saturated rings. The quantitative estimate of drug-likeness (QED) is 0.896. The molecule has 1 aliphatic heterocycles. The summed E-state index contributed by atoms with van der Waals surface area (Å²) in [5.74, 6) is 0.0613. The average Bonchev–Trinajstić information content (AvgIpc) is 3.04. The number of aromatic carboxylic acids is 1. The van der Waals surface area contributed by atoms with Gasteiger partial charge in [-0.2, -0.15) is 0 Å². The molecule has 0 saturated carbocycles. The lowest BCUT2D eigenvalue weighted by atomic mass is 10.0. The zero-order valence-corrected chi connectivity index (χ0v) is 13.2. The maximum Gasteiger partial charge on any atom is 0.336 e. The molecule has 1 unspecified atom stereocenters. The molecule has 2 N–H and O–H groups in total. The Kier molecular flexibility index (Phi) is 4.20. The van der Waals surface area contributed by atoms with Crippen molar-refractivity contribution >= 4 is 23.2 Å².